The summed E-state index contributed by atoms with van der Waals surface area (Å²) in [6, 6.07) is 19.9. The molecule has 4 rings (SSSR count). The van der Waals surface area contributed by atoms with E-state index >= 15 is 0 Å². The molecule has 0 aliphatic carbocycles. The van der Waals surface area contributed by atoms with Gasteiger partial charge in [0.1, 0.15) is 17.3 Å². The van der Waals surface area contributed by atoms with Gasteiger partial charge in [-0.3, -0.25) is 9.59 Å². The summed E-state index contributed by atoms with van der Waals surface area (Å²) in [6.45, 7) is 5.94. The smallest absolute Gasteiger partial charge is 0.282 e. The number of rotatable bonds is 8. The number of hydrogen-bond acceptors (Lipinski definition) is 5. The molecule has 174 valence electrons. The molecule has 0 atom stereocenters. The number of nitrogens with one attached hydrogen (secondary N) is 1. The number of carbonyl (C=O) groups is 2. The van der Waals surface area contributed by atoms with Gasteiger partial charge in [0.05, 0.1) is 18.4 Å². The van der Waals surface area contributed by atoms with Gasteiger partial charge in [-0.2, -0.15) is 0 Å². The molecule has 3 aromatic rings. The van der Waals surface area contributed by atoms with Gasteiger partial charge in [-0.25, -0.2) is 9.29 Å². The molecule has 7 heteroatoms. The Balaban J connectivity index is 1.72. The maximum absolute atomic E-state index is 13.6. The predicted octanol–water partition coefficient (Wildman–Crippen LogP) is 5.08. The summed E-state index contributed by atoms with van der Waals surface area (Å²) in [5, 5.41) is 3.14. The first-order valence-electron chi connectivity index (χ1n) is 11.1. The summed E-state index contributed by atoms with van der Waals surface area (Å²) >= 11 is 0. The van der Waals surface area contributed by atoms with Crippen molar-refractivity contribution < 1.29 is 18.7 Å². The molecular weight excluding hydrogens is 433 g/mol. The summed E-state index contributed by atoms with van der Waals surface area (Å²) in [7, 11) is 1.54. The number of hydrogen-bond donors (Lipinski definition) is 1. The molecule has 1 N–H and O–H groups in total. The molecular formula is C27H26FN3O3. The Labute approximate surface area is 198 Å². The Kier molecular flexibility index (Phi) is 6.63. The highest BCUT2D eigenvalue weighted by molar-refractivity contribution is 6.46. The van der Waals surface area contributed by atoms with Gasteiger partial charge in [-0.1, -0.05) is 12.1 Å². The fraction of sp³-hybridized carbons (Fsp3) is 0.185. The van der Waals surface area contributed by atoms with Crippen molar-refractivity contribution in [3.63, 3.8) is 0 Å². The molecule has 1 heterocycles. The zero-order chi connectivity index (χ0) is 24.2. The molecule has 0 radical (unpaired) electrons. The van der Waals surface area contributed by atoms with Crippen LogP contribution in [0.1, 0.15) is 19.4 Å². The van der Waals surface area contributed by atoms with Crippen molar-refractivity contribution >= 4 is 34.4 Å². The minimum atomic E-state index is -0.484. The summed E-state index contributed by atoms with van der Waals surface area (Å²) in [6.07, 6.45) is 0. The number of nitrogens with zero attached hydrogens (tertiary/aromatic N) is 2. The van der Waals surface area contributed by atoms with Crippen LogP contribution in [0, 0.1) is 5.82 Å². The summed E-state index contributed by atoms with van der Waals surface area (Å²) in [4.78, 5) is 30.2. The van der Waals surface area contributed by atoms with Crippen molar-refractivity contribution in [2.24, 2.45) is 0 Å². The van der Waals surface area contributed by atoms with Crippen LogP contribution in [0.25, 0.3) is 5.57 Å². The van der Waals surface area contributed by atoms with E-state index in [1.807, 2.05) is 24.3 Å². The lowest BCUT2D eigenvalue weighted by Gasteiger charge is -2.21. The van der Waals surface area contributed by atoms with Crippen LogP contribution in [0.15, 0.2) is 78.5 Å². The zero-order valence-corrected chi connectivity index (χ0v) is 19.3. The maximum Gasteiger partial charge on any atom is 0.282 e. The molecule has 0 spiro atoms. The second-order valence-electron chi connectivity index (χ2n) is 7.74. The van der Waals surface area contributed by atoms with Crippen LogP contribution in [0.5, 0.6) is 5.75 Å². The highest BCUT2D eigenvalue weighted by Gasteiger charge is 2.40. The maximum atomic E-state index is 13.6. The second-order valence-corrected chi connectivity index (χ2v) is 7.74. The minimum Gasteiger partial charge on any atom is -0.497 e. The number of methoxy groups -OCH3 is 1. The van der Waals surface area contributed by atoms with Gasteiger partial charge in [0.2, 0.25) is 0 Å². The van der Waals surface area contributed by atoms with E-state index in [2.05, 4.69) is 24.1 Å². The van der Waals surface area contributed by atoms with Crippen molar-refractivity contribution in [1.82, 2.24) is 0 Å². The molecule has 0 unspecified atom stereocenters. The molecule has 3 aromatic carbocycles. The molecule has 6 nitrogen and oxygen atoms in total. The Morgan fingerprint density at radius 1 is 0.853 bits per heavy atom. The lowest BCUT2D eigenvalue weighted by Crippen LogP contribution is -2.32. The van der Waals surface area contributed by atoms with Gasteiger partial charge in [0.15, 0.2) is 0 Å². The standard InChI is InChI=1S/C27H26FN3O3/c1-4-30(5-2)21-12-10-20(11-13-21)29-25-24(18-6-8-19(28)9-7-18)26(32)31(27(25)33)22-14-16-23(34-3)17-15-22/h6-17,29H,4-5H2,1-3H3. The predicted molar refractivity (Wildman–Crippen MR) is 132 cm³/mol. The highest BCUT2D eigenvalue weighted by atomic mass is 19.1. The second kappa shape index (κ2) is 9.79. The number of ether oxygens (including phenoxy) is 1. The number of imide groups is 1. The van der Waals surface area contributed by atoms with Gasteiger partial charge in [0.25, 0.3) is 11.8 Å². The number of halogens is 1. The van der Waals surface area contributed by atoms with E-state index in [9.17, 15) is 14.0 Å². The highest BCUT2D eigenvalue weighted by Crippen LogP contribution is 2.34. The van der Waals surface area contributed by atoms with Crippen molar-refractivity contribution in [3.8, 4) is 5.75 Å². The number of benzene rings is 3. The van der Waals surface area contributed by atoms with E-state index in [1.54, 1.807) is 31.4 Å². The molecule has 0 aromatic heterocycles. The molecule has 0 saturated heterocycles. The van der Waals surface area contributed by atoms with Crippen LogP contribution >= 0.6 is 0 Å². The van der Waals surface area contributed by atoms with Crippen LogP contribution < -0.4 is 19.9 Å². The Hall–Kier alpha value is -4.13. The fourth-order valence-electron chi connectivity index (χ4n) is 3.98. The van der Waals surface area contributed by atoms with Crippen LogP contribution in [-0.4, -0.2) is 32.0 Å². The van der Waals surface area contributed by atoms with Crippen LogP contribution in [0.4, 0.5) is 21.5 Å². The average Bonchev–Trinajstić information content (AvgIpc) is 3.10. The first-order valence-corrected chi connectivity index (χ1v) is 11.1. The van der Waals surface area contributed by atoms with Crippen molar-refractivity contribution in [2.75, 3.05) is 35.3 Å². The lowest BCUT2D eigenvalue weighted by molar-refractivity contribution is -0.120. The number of anilines is 3. The van der Waals surface area contributed by atoms with E-state index in [0.29, 0.717) is 22.7 Å². The van der Waals surface area contributed by atoms with Gasteiger partial charge >= 0.3 is 0 Å². The van der Waals surface area contributed by atoms with E-state index in [-0.39, 0.29) is 11.3 Å². The summed E-state index contributed by atoms with van der Waals surface area (Å²) < 4.78 is 18.7. The summed E-state index contributed by atoms with van der Waals surface area (Å²) in [5.74, 6) is -0.776. The van der Waals surface area contributed by atoms with Crippen LogP contribution in [0.2, 0.25) is 0 Å². The average molecular weight is 460 g/mol. The molecule has 1 aliphatic rings. The van der Waals surface area contributed by atoms with E-state index in [1.165, 1.54) is 24.3 Å². The normalized spacial score (nSPS) is 13.5. The Morgan fingerprint density at radius 2 is 1.47 bits per heavy atom. The molecule has 1 aliphatic heterocycles. The van der Waals surface area contributed by atoms with Gasteiger partial charge in [-0.15, -0.1) is 0 Å². The van der Waals surface area contributed by atoms with Crippen molar-refractivity contribution in [1.29, 1.82) is 0 Å². The van der Waals surface area contributed by atoms with E-state index < -0.39 is 17.6 Å². The first-order chi connectivity index (χ1) is 16.5. The number of carbonyl (C=O) groups excluding carboxylic acids is 2. The Morgan fingerprint density at radius 3 is 2.03 bits per heavy atom. The Bertz CT molecular complexity index is 1220. The SMILES string of the molecule is CCN(CC)c1ccc(NC2=C(c3ccc(F)cc3)C(=O)N(c3ccc(OC)cc3)C2=O)cc1. The quantitative estimate of drug-likeness (QED) is 0.476. The fourth-order valence-corrected chi connectivity index (χ4v) is 3.98. The van der Waals surface area contributed by atoms with Gasteiger partial charge in [0, 0.05) is 24.5 Å². The third-order valence-electron chi connectivity index (χ3n) is 5.81. The molecule has 2 amide bonds. The van der Waals surface area contributed by atoms with Crippen molar-refractivity contribution in [3.05, 3.63) is 89.9 Å². The van der Waals surface area contributed by atoms with E-state index in [0.717, 1.165) is 23.7 Å². The van der Waals surface area contributed by atoms with Crippen LogP contribution in [-0.2, 0) is 9.59 Å². The van der Waals surface area contributed by atoms with E-state index in [4.69, 9.17) is 4.74 Å². The third kappa shape index (κ3) is 4.37. The number of amides is 2. The molecule has 34 heavy (non-hydrogen) atoms. The topological polar surface area (TPSA) is 61.9 Å². The van der Waals surface area contributed by atoms with Crippen LogP contribution in [0.3, 0.4) is 0 Å². The molecule has 0 bridgehead atoms. The largest absolute Gasteiger partial charge is 0.497 e. The van der Waals surface area contributed by atoms with Gasteiger partial charge in [-0.05, 0) is 80.1 Å². The van der Waals surface area contributed by atoms with Gasteiger partial charge < -0.3 is 15.0 Å². The minimum absolute atomic E-state index is 0.142. The lowest BCUT2D eigenvalue weighted by atomic mass is 10.0. The third-order valence-corrected chi connectivity index (χ3v) is 5.81. The van der Waals surface area contributed by atoms with Crippen molar-refractivity contribution in [2.45, 2.75) is 13.8 Å². The summed E-state index contributed by atoms with van der Waals surface area (Å²) in [5.41, 5.74) is 2.94. The monoisotopic (exact) mass is 459 g/mol. The molecule has 0 saturated carbocycles. The zero-order valence-electron chi connectivity index (χ0n) is 19.3. The first kappa shape index (κ1) is 23.0. The molecule has 0 fully saturated rings.